The highest BCUT2D eigenvalue weighted by atomic mass is 16.3. The number of hydrogen-bond donors (Lipinski definition) is 0. The smallest absolute Gasteiger partial charge is 0.136 e. The molecule has 1 heterocycles. The van der Waals surface area contributed by atoms with Gasteiger partial charge in [0, 0.05) is 10.8 Å². The van der Waals surface area contributed by atoms with Crippen molar-refractivity contribution in [2.45, 2.75) is 0 Å². The second-order valence-corrected chi connectivity index (χ2v) is 10.4. The predicted octanol–water partition coefficient (Wildman–Crippen LogP) is 12.0. The van der Waals surface area contributed by atoms with Gasteiger partial charge in [0.05, 0.1) is 16.4 Å². The highest BCUT2D eigenvalue weighted by molar-refractivity contribution is 6.25. The molecule has 0 radical (unpaired) electrons. The van der Waals surface area contributed by atoms with Gasteiger partial charge in [0.25, 0.3) is 0 Å². The molecule has 0 unspecified atom stereocenters. The minimum Gasteiger partial charge on any atom is -0.456 e. The van der Waals surface area contributed by atoms with Gasteiger partial charge in [-0.25, -0.2) is 0 Å². The minimum absolute atomic E-state index is 0.0132. The van der Waals surface area contributed by atoms with Gasteiger partial charge < -0.3 is 4.42 Å². The maximum atomic E-state index is 9.35. The van der Waals surface area contributed by atoms with E-state index < -0.39 is 66.5 Å². The van der Waals surface area contributed by atoms with Crippen molar-refractivity contribution in [2.75, 3.05) is 0 Å². The topological polar surface area (TPSA) is 13.1 Å². The van der Waals surface area contributed by atoms with Crippen LogP contribution in [-0.4, -0.2) is 0 Å². The number of hydrogen-bond acceptors (Lipinski definition) is 1. The number of para-hydroxylation sites is 1. The molecule has 0 fully saturated rings. The van der Waals surface area contributed by atoms with Gasteiger partial charge in [0.1, 0.15) is 11.2 Å². The first-order chi connectivity index (χ1) is 26.3. The molecule has 0 N–H and O–H groups in total. The highest BCUT2D eigenvalue weighted by Gasteiger charge is 2.20. The van der Waals surface area contributed by atoms with E-state index in [0.29, 0.717) is 5.56 Å². The lowest BCUT2D eigenvalue weighted by molar-refractivity contribution is 0.669. The minimum atomic E-state index is -0.553. The molecule has 0 amide bonds. The summed E-state index contributed by atoms with van der Waals surface area (Å²) in [5, 5.41) is 1.97. The van der Waals surface area contributed by atoms with Crippen molar-refractivity contribution in [3.8, 4) is 33.4 Å². The molecule has 0 aliphatic rings. The lowest BCUT2D eigenvalue weighted by Gasteiger charge is -2.18. The van der Waals surface area contributed by atoms with Crippen molar-refractivity contribution in [1.29, 1.82) is 0 Å². The number of furan rings is 1. The maximum absolute atomic E-state index is 9.35. The lowest BCUT2D eigenvalue weighted by atomic mass is 9.84. The Labute approximate surface area is 266 Å². The molecule has 43 heavy (non-hydrogen) atoms. The molecule has 200 valence electrons. The zero-order valence-corrected chi connectivity index (χ0v) is 22.5. The van der Waals surface area contributed by atoms with Crippen LogP contribution < -0.4 is 0 Å². The SMILES string of the molecule is [2H]c1c([2H])c([2H])c2c(oc3cccc(-c4c5c([2H])c([2H])c([2H])c([2H])c5c(-c5ccc6cc(-c7ccccc7)ccc6c5)c5c([2H])c([2H])c([2H])c([2H])c45)c32)c1[2H]. The lowest BCUT2D eigenvalue weighted by Crippen LogP contribution is -1.91. The molecule has 1 heteroatoms. The van der Waals surface area contributed by atoms with E-state index in [0.717, 1.165) is 21.9 Å². The summed E-state index contributed by atoms with van der Waals surface area (Å²) in [5.41, 5.74) is 3.02. The molecule has 9 aromatic rings. The molecule has 1 aromatic heterocycles. The van der Waals surface area contributed by atoms with Crippen LogP contribution in [0.5, 0.6) is 0 Å². The summed E-state index contributed by atoms with van der Waals surface area (Å²) in [5.74, 6) is 0. The molecule has 8 aromatic carbocycles. The van der Waals surface area contributed by atoms with Gasteiger partial charge in [0.2, 0.25) is 0 Å². The molecule has 0 saturated heterocycles. The van der Waals surface area contributed by atoms with E-state index >= 15 is 0 Å². The van der Waals surface area contributed by atoms with E-state index in [9.17, 15) is 5.48 Å². The normalized spacial score (nSPS) is 15.6. The van der Waals surface area contributed by atoms with E-state index in [-0.39, 0.29) is 66.2 Å². The Morgan fingerprint density at radius 1 is 0.419 bits per heavy atom. The molecule has 9 rings (SSSR count). The summed E-state index contributed by atoms with van der Waals surface area (Å²) in [7, 11) is 0. The van der Waals surface area contributed by atoms with E-state index in [2.05, 4.69) is 0 Å². The van der Waals surface area contributed by atoms with Crippen molar-refractivity contribution in [3.63, 3.8) is 0 Å². The molecular formula is C42H26O. The Morgan fingerprint density at radius 3 is 1.70 bits per heavy atom. The molecule has 0 aliphatic heterocycles. The van der Waals surface area contributed by atoms with Crippen molar-refractivity contribution >= 4 is 54.3 Å². The molecule has 0 bridgehead atoms. The standard InChI is InChI=1S/C42H26O/c1-2-11-27(12-3-1)28-21-22-30-26-31(24-23-29(30)25-28)40-32-13-4-6-15-34(32)41(35-16-7-5-14-33(35)40)37-18-10-20-39-42(37)36-17-8-9-19-38(36)43-39/h1-26H/i4D,5D,6D,7D,8D,9D,13D,14D,15D,16D,17D,19D. The van der Waals surface area contributed by atoms with E-state index in [1.165, 1.54) is 0 Å². The van der Waals surface area contributed by atoms with Crippen molar-refractivity contribution in [2.24, 2.45) is 0 Å². The van der Waals surface area contributed by atoms with Crippen LogP contribution in [0.15, 0.2) is 162 Å². The van der Waals surface area contributed by atoms with Crippen LogP contribution in [0.4, 0.5) is 0 Å². The Morgan fingerprint density at radius 2 is 1.00 bits per heavy atom. The third-order valence-electron chi connectivity index (χ3n) is 8.02. The van der Waals surface area contributed by atoms with Gasteiger partial charge in [0.15, 0.2) is 0 Å². The van der Waals surface area contributed by atoms with E-state index in [4.69, 9.17) is 15.4 Å². The van der Waals surface area contributed by atoms with Crippen LogP contribution in [0.25, 0.3) is 87.6 Å². The Kier molecular flexibility index (Phi) is 3.29. The molecule has 0 saturated carbocycles. The van der Waals surface area contributed by atoms with Crippen LogP contribution in [0, 0.1) is 0 Å². The first-order valence-electron chi connectivity index (χ1n) is 19.8. The molecular weight excluding hydrogens is 520 g/mol. The number of fused-ring (bicyclic) bond motifs is 6. The Balaban J connectivity index is 1.50. The van der Waals surface area contributed by atoms with Crippen LogP contribution in [0.1, 0.15) is 16.4 Å². The average Bonchev–Trinajstić information content (AvgIpc) is 3.61. The Hall–Kier alpha value is -5.66. The third-order valence-corrected chi connectivity index (χ3v) is 8.02. The average molecular weight is 559 g/mol. The number of rotatable bonds is 3. The van der Waals surface area contributed by atoms with E-state index in [1.54, 1.807) is 24.3 Å². The zero-order valence-electron chi connectivity index (χ0n) is 34.5. The largest absolute Gasteiger partial charge is 0.456 e. The van der Waals surface area contributed by atoms with Gasteiger partial charge in [-0.2, -0.15) is 0 Å². The monoisotopic (exact) mass is 558 g/mol. The van der Waals surface area contributed by atoms with Gasteiger partial charge in [-0.3, -0.25) is 0 Å². The highest BCUT2D eigenvalue weighted by Crippen LogP contribution is 2.47. The molecule has 0 aliphatic carbocycles. The maximum Gasteiger partial charge on any atom is 0.136 e. The van der Waals surface area contributed by atoms with Gasteiger partial charge >= 0.3 is 0 Å². The summed E-state index contributed by atoms with van der Waals surface area (Å²) < 4.78 is 113. The fraction of sp³-hybridized carbons (Fsp3) is 0. The van der Waals surface area contributed by atoms with Gasteiger partial charge in [-0.05, 0) is 89.9 Å². The quantitative estimate of drug-likeness (QED) is 0.197. The summed E-state index contributed by atoms with van der Waals surface area (Å²) >= 11 is 0. The van der Waals surface area contributed by atoms with Crippen LogP contribution in [0.3, 0.4) is 0 Å². The van der Waals surface area contributed by atoms with Crippen LogP contribution in [0.2, 0.25) is 0 Å². The molecule has 0 atom stereocenters. The molecule has 0 spiro atoms. The van der Waals surface area contributed by atoms with Gasteiger partial charge in [-0.1, -0.05) is 133 Å². The van der Waals surface area contributed by atoms with Crippen molar-refractivity contribution < 1.29 is 20.9 Å². The third kappa shape index (κ3) is 3.72. The summed E-state index contributed by atoms with van der Waals surface area (Å²) in [6.07, 6.45) is 0. The first-order valence-corrected chi connectivity index (χ1v) is 13.8. The first kappa shape index (κ1) is 15.0. The van der Waals surface area contributed by atoms with Gasteiger partial charge in [-0.15, -0.1) is 0 Å². The summed E-state index contributed by atoms with van der Waals surface area (Å²) in [6, 6.07) is 20.5. The number of benzene rings is 8. The van der Waals surface area contributed by atoms with Crippen molar-refractivity contribution in [3.05, 3.63) is 157 Å². The second-order valence-electron chi connectivity index (χ2n) is 10.4. The van der Waals surface area contributed by atoms with Crippen LogP contribution in [-0.2, 0) is 0 Å². The van der Waals surface area contributed by atoms with Crippen LogP contribution >= 0.6 is 0 Å². The summed E-state index contributed by atoms with van der Waals surface area (Å²) in [4.78, 5) is 0. The zero-order chi connectivity index (χ0) is 38.8. The Bertz CT molecular complexity index is 3090. The van der Waals surface area contributed by atoms with Crippen molar-refractivity contribution in [1.82, 2.24) is 0 Å². The van der Waals surface area contributed by atoms with E-state index in [1.807, 2.05) is 60.7 Å². The fourth-order valence-corrected chi connectivity index (χ4v) is 6.14. The predicted molar refractivity (Wildman–Crippen MR) is 183 cm³/mol. The second kappa shape index (κ2) is 9.44. The molecule has 1 nitrogen and oxygen atoms in total. The fourth-order valence-electron chi connectivity index (χ4n) is 6.14. The summed E-state index contributed by atoms with van der Waals surface area (Å²) in [6.45, 7) is 0.